The van der Waals surface area contributed by atoms with E-state index >= 15 is 0 Å². The van der Waals surface area contributed by atoms with Crippen LogP contribution in [0.2, 0.25) is 0 Å². The van der Waals surface area contributed by atoms with Gasteiger partial charge in [-0.1, -0.05) is 0 Å². The number of hydrogen-bond donors (Lipinski definition) is 6. The number of anilines is 5. The number of carbonyl (C=O) groups excluding carboxylic acids is 2. The average molecular weight is 404 g/mol. The Morgan fingerprint density at radius 2 is 1.53 bits per heavy atom. The second kappa shape index (κ2) is 5.70. The van der Waals surface area contributed by atoms with E-state index in [1.807, 2.05) is 18.2 Å². The van der Waals surface area contributed by atoms with Crippen molar-refractivity contribution in [2.24, 2.45) is 0 Å². The van der Waals surface area contributed by atoms with E-state index in [1.54, 1.807) is 0 Å². The van der Waals surface area contributed by atoms with Crippen molar-refractivity contribution in [3.05, 3.63) is 41.5 Å². The van der Waals surface area contributed by atoms with Crippen LogP contribution in [-0.4, -0.2) is 16.9 Å². The van der Waals surface area contributed by atoms with Gasteiger partial charge in [-0.15, -0.1) is 0 Å². The number of hydrogen-bond acceptors (Lipinski definition) is 9. The van der Waals surface area contributed by atoms with Crippen molar-refractivity contribution in [1.82, 2.24) is 4.98 Å². The lowest BCUT2D eigenvalue weighted by atomic mass is 9.98. The summed E-state index contributed by atoms with van der Waals surface area (Å²) >= 11 is 0. The molecule has 30 heavy (non-hydrogen) atoms. The predicted octanol–water partition coefficient (Wildman–Crippen LogP) is 2.14. The molecular formula is C20H16N6O4. The SMILES string of the molecule is Nc1ccc(C(=O)OOC(=O)c2c(N)c(N)c3[nH]c4cc5cc(c4)c2c3-5)c(N)c1N. The van der Waals surface area contributed by atoms with Gasteiger partial charge in [-0.05, 0) is 41.3 Å². The highest BCUT2D eigenvalue weighted by atomic mass is 17.2. The van der Waals surface area contributed by atoms with Crippen molar-refractivity contribution in [2.45, 2.75) is 0 Å². The van der Waals surface area contributed by atoms with Gasteiger partial charge in [-0.3, -0.25) is 0 Å². The maximum Gasteiger partial charge on any atom is 0.389 e. The van der Waals surface area contributed by atoms with Gasteiger partial charge in [0.1, 0.15) is 0 Å². The second-order valence-corrected chi connectivity index (χ2v) is 7.02. The summed E-state index contributed by atoms with van der Waals surface area (Å²) < 4.78 is 0. The number of aromatic nitrogens is 1. The highest BCUT2D eigenvalue weighted by Gasteiger charge is 2.29. The van der Waals surface area contributed by atoms with Crippen molar-refractivity contribution in [3.8, 4) is 11.1 Å². The molecule has 0 aromatic heterocycles. The molecular weight excluding hydrogens is 388 g/mol. The maximum absolute atomic E-state index is 12.8. The molecule has 0 unspecified atom stereocenters. The molecule has 150 valence electrons. The number of rotatable bonds is 2. The Bertz CT molecular complexity index is 1440. The standard InChI is InChI=1S/C20H16N6O4/c21-10-2-1-9(14(22)15(10)23)19(27)29-30-20(28)13-11-6-3-7-5-8(4-6)26-18(12(7)11)17(25)16(13)24/h1-5,26H,21-25H2. The number of H-pyrrole nitrogens is 1. The topological polar surface area (TPSA) is 198 Å². The molecule has 10 nitrogen and oxygen atoms in total. The lowest BCUT2D eigenvalue weighted by molar-refractivity contribution is -0.187. The molecule has 0 saturated heterocycles. The fraction of sp³-hybridized carbons (Fsp3) is 0. The van der Waals surface area contributed by atoms with Crippen molar-refractivity contribution < 1.29 is 19.4 Å². The molecule has 0 saturated carbocycles. The Kier molecular flexibility index (Phi) is 3.33. The molecule has 10 heteroatoms. The summed E-state index contributed by atoms with van der Waals surface area (Å²) in [7, 11) is 0. The summed E-state index contributed by atoms with van der Waals surface area (Å²) in [6.07, 6.45) is 0. The molecule has 0 amide bonds. The summed E-state index contributed by atoms with van der Waals surface area (Å²) in [4.78, 5) is 37.8. The van der Waals surface area contributed by atoms with Crippen LogP contribution < -0.4 is 28.7 Å². The number of nitrogens with two attached hydrogens (primary N) is 5. The Balaban J connectivity index is 1.51. The molecule has 0 fully saturated rings. The third-order valence-electron chi connectivity index (χ3n) is 5.30. The molecule has 3 bridgehead atoms. The van der Waals surface area contributed by atoms with E-state index in [-0.39, 0.29) is 39.6 Å². The molecule has 5 rings (SSSR count). The minimum absolute atomic E-state index is 0.0136. The quantitative estimate of drug-likeness (QED) is 0.145. The third kappa shape index (κ3) is 2.18. The third-order valence-corrected chi connectivity index (χ3v) is 5.30. The molecule has 3 aromatic rings. The van der Waals surface area contributed by atoms with Crippen LogP contribution in [0.15, 0.2) is 30.3 Å². The summed E-state index contributed by atoms with van der Waals surface area (Å²) in [5, 5.41) is 1.35. The van der Waals surface area contributed by atoms with E-state index in [2.05, 4.69) is 4.98 Å². The smallest absolute Gasteiger partial charge is 0.389 e. The lowest BCUT2D eigenvalue weighted by Gasteiger charge is -2.14. The van der Waals surface area contributed by atoms with Crippen LogP contribution in [0.4, 0.5) is 28.4 Å². The van der Waals surface area contributed by atoms with Gasteiger partial charge in [0.15, 0.2) is 0 Å². The molecule has 0 atom stereocenters. The molecule has 2 aliphatic rings. The molecule has 11 N–H and O–H groups in total. The van der Waals surface area contributed by atoms with Gasteiger partial charge >= 0.3 is 11.9 Å². The number of fused-ring (bicyclic) bond motifs is 3. The number of aromatic amines is 1. The monoisotopic (exact) mass is 404 g/mol. The molecule has 1 aliphatic heterocycles. The van der Waals surface area contributed by atoms with Gasteiger partial charge in [-0.2, -0.15) is 0 Å². The lowest BCUT2D eigenvalue weighted by Crippen LogP contribution is -2.16. The van der Waals surface area contributed by atoms with E-state index in [9.17, 15) is 9.59 Å². The van der Waals surface area contributed by atoms with Gasteiger partial charge in [0, 0.05) is 16.5 Å². The minimum atomic E-state index is -1.01. The largest absolute Gasteiger partial charge is 0.397 e. The average Bonchev–Trinajstić information content (AvgIpc) is 2.92. The maximum atomic E-state index is 12.8. The summed E-state index contributed by atoms with van der Waals surface area (Å²) in [5.74, 6) is -1.98. The number of pyridine rings is 1. The summed E-state index contributed by atoms with van der Waals surface area (Å²) in [6, 6.07) is 8.42. The Morgan fingerprint density at radius 3 is 2.30 bits per heavy atom. The zero-order valence-electron chi connectivity index (χ0n) is 15.4. The summed E-state index contributed by atoms with van der Waals surface area (Å²) in [6.45, 7) is 0. The van der Waals surface area contributed by atoms with Crippen LogP contribution >= 0.6 is 0 Å². The first kappa shape index (κ1) is 17.5. The number of benzene rings is 3. The molecule has 1 aliphatic carbocycles. The molecule has 0 radical (unpaired) electrons. The zero-order valence-corrected chi connectivity index (χ0v) is 15.4. The predicted molar refractivity (Wildman–Crippen MR) is 114 cm³/mol. The van der Waals surface area contributed by atoms with Gasteiger partial charge < -0.3 is 33.7 Å². The zero-order chi connectivity index (χ0) is 21.3. The van der Waals surface area contributed by atoms with E-state index in [0.717, 1.165) is 22.0 Å². The van der Waals surface area contributed by atoms with Gasteiger partial charge in [-0.25, -0.2) is 19.4 Å². The van der Waals surface area contributed by atoms with Crippen LogP contribution in [0.1, 0.15) is 20.7 Å². The molecule has 0 spiro atoms. The van der Waals surface area contributed by atoms with E-state index < -0.39 is 11.9 Å². The normalized spacial score (nSPS) is 11.6. The minimum Gasteiger partial charge on any atom is -0.397 e. The number of nitrogen functional groups attached to an aromatic ring is 5. The first-order chi connectivity index (χ1) is 14.3. The highest BCUT2D eigenvalue weighted by Crippen LogP contribution is 2.47. The fourth-order valence-electron chi connectivity index (χ4n) is 3.83. The fourth-order valence-corrected chi connectivity index (χ4v) is 3.83. The van der Waals surface area contributed by atoms with E-state index in [4.69, 9.17) is 38.4 Å². The van der Waals surface area contributed by atoms with Crippen molar-refractivity contribution in [2.75, 3.05) is 28.7 Å². The van der Waals surface area contributed by atoms with Crippen LogP contribution in [0, 0.1) is 0 Å². The first-order valence-corrected chi connectivity index (χ1v) is 8.82. The number of nitrogens with one attached hydrogen (secondary N) is 1. The van der Waals surface area contributed by atoms with E-state index in [0.29, 0.717) is 10.9 Å². The molecule has 3 aromatic carbocycles. The Labute approximate surface area is 168 Å². The van der Waals surface area contributed by atoms with Crippen molar-refractivity contribution in [1.29, 1.82) is 0 Å². The highest BCUT2D eigenvalue weighted by molar-refractivity contribution is 6.25. The second-order valence-electron chi connectivity index (χ2n) is 7.02. The van der Waals surface area contributed by atoms with Gasteiger partial charge in [0.2, 0.25) is 0 Å². The van der Waals surface area contributed by atoms with Gasteiger partial charge in [0.25, 0.3) is 0 Å². The van der Waals surface area contributed by atoms with Crippen molar-refractivity contribution >= 4 is 62.2 Å². The number of carbonyl (C=O) groups is 2. The van der Waals surface area contributed by atoms with Crippen LogP contribution in [-0.2, 0) is 9.78 Å². The van der Waals surface area contributed by atoms with Crippen molar-refractivity contribution in [3.63, 3.8) is 0 Å². The van der Waals surface area contributed by atoms with Crippen LogP contribution in [0.25, 0.3) is 32.9 Å². The van der Waals surface area contributed by atoms with E-state index in [1.165, 1.54) is 12.1 Å². The van der Waals surface area contributed by atoms with Crippen LogP contribution in [0.3, 0.4) is 0 Å². The Hall–Kier alpha value is -4.60. The van der Waals surface area contributed by atoms with Gasteiger partial charge in [0.05, 0.1) is 45.1 Å². The summed E-state index contributed by atoms with van der Waals surface area (Å²) in [5.41, 5.74) is 32.9. The van der Waals surface area contributed by atoms with Crippen LogP contribution in [0.5, 0.6) is 0 Å². The first-order valence-electron chi connectivity index (χ1n) is 8.82. The molecule has 1 heterocycles. The Morgan fingerprint density at radius 1 is 0.800 bits per heavy atom.